The van der Waals surface area contributed by atoms with Gasteiger partial charge < -0.3 is 0 Å². The molecule has 0 saturated heterocycles. The fourth-order valence-corrected chi connectivity index (χ4v) is 1.12. The minimum Gasteiger partial charge on any atom is -0.258 e. The molecule has 0 atom stereocenters. The molecule has 0 saturated carbocycles. The van der Waals surface area contributed by atoms with Crippen molar-refractivity contribution in [2.75, 3.05) is 0 Å². The van der Waals surface area contributed by atoms with Crippen LogP contribution in [0, 0.1) is 16.1 Å². The van der Waals surface area contributed by atoms with E-state index in [1.807, 2.05) is 0 Å². The second-order valence-electron chi connectivity index (χ2n) is 2.78. The van der Waals surface area contributed by atoms with Crippen molar-refractivity contribution in [3.05, 3.63) is 33.4 Å². The Balaban J connectivity index is 3.68. The fraction of sp³-hybridized carbons (Fsp3) is 0.286. The van der Waals surface area contributed by atoms with E-state index in [1.54, 1.807) is 0 Å². The van der Waals surface area contributed by atoms with Gasteiger partial charge in [-0.05, 0) is 0 Å². The van der Waals surface area contributed by atoms with Crippen molar-refractivity contribution < 1.29 is 31.3 Å². The van der Waals surface area contributed by atoms with Gasteiger partial charge in [-0.15, -0.1) is 0 Å². The monoisotopic (exact) mass is 260 g/mol. The van der Waals surface area contributed by atoms with Crippen molar-refractivity contribution in [1.29, 1.82) is 0 Å². The second kappa shape index (κ2) is 4.18. The summed E-state index contributed by atoms with van der Waals surface area (Å²) in [6.07, 6.45) is -9.20. The highest BCUT2D eigenvalue weighted by Crippen LogP contribution is 2.42. The Morgan fingerprint density at radius 2 is 1.88 bits per heavy atom. The number of hydrogen-bond acceptors (Lipinski definition) is 3. The van der Waals surface area contributed by atoms with E-state index in [9.17, 15) is 36.5 Å². The Morgan fingerprint density at radius 3 is 2.24 bits per heavy atom. The average molecular weight is 260 g/mol. The molecular weight excluding hydrogens is 258 g/mol. The van der Waals surface area contributed by atoms with E-state index in [0.717, 1.165) is 0 Å². The molecule has 1 rings (SSSR count). The van der Waals surface area contributed by atoms with Gasteiger partial charge in [-0.25, -0.2) is 13.8 Å². The summed E-state index contributed by atoms with van der Waals surface area (Å²) in [6.45, 7) is 0. The Bertz CT molecular complexity index is 458. The smallest absolute Gasteiger partial charge is 0.258 e. The summed E-state index contributed by atoms with van der Waals surface area (Å²) < 4.78 is 74.4. The second-order valence-corrected chi connectivity index (χ2v) is 2.78. The molecule has 10 heteroatoms. The maximum atomic E-state index is 12.8. The average Bonchev–Trinajstić information content (AvgIpc) is 2.14. The zero-order valence-electron chi connectivity index (χ0n) is 7.63. The van der Waals surface area contributed by atoms with E-state index >= 15 is 0 Å². The summed E-state index contributed by atoms with van der Waals surface area (Å²) in [5, 5.41) is 10.2. The molecule has 0 amide bonds. The van der Waals surface area contributed by atoms with Gasteiger partial charge in [0.25, 0.3) is 12.4 Å². The number of rotatable bonds is 2. The van der Waals surface area contributed by atoms with E-state index in [2.05, 4.69) is 4.98 Å². The predicted molar refractivity (Wildman–Crippen MR) is 40.8 cm³/mol. The van der Waals surface area contributed by atoms with Gasteiger partial charge in [0.15, 0.2) is 0 Å². The molecule has 0 aliphatic carbocycles. The maximum absolute atomic E-state index is 12.8. The summed E-state index contributed by atoms with van der Waals surface area (Å²) in [4.78, 5) is 11.0. The molecular formula is C7H2F6N2O2. The summed E-state index contributed by atoms with van der Waals surface area (Å²) in [7, 11) is 0. The van der Waals surface area contributed by atoms with E-state index in [4.69, 9.17) is 0 Å². The van der Waals surface area contributed by atoms with Crippen LogP contribution in [-0.2, 0) is 6.18 Å². The molecule has 1 aromatic heterocycles. The number of nitrogens with zero attached hydrogens (tertiary/aromatic N) is 2. The van der Waals surface area contributed by atoms with Crippen LogP contribution in [0.15, 0.2) is 6.20 Å². The SMILES string of the molecule is O=[N+]([O-])c1c(F)ncc(C(F)F)c1C(F)(F)F. The topological polar surface area (TPSA) is 56.0 Å². The molecule has 0 spiro atoms. The van der Waals surface area contributed by atoms with Crippen LogP contribution in [0.4, 0.5) is 32.0 Å². The van der Waals surface area contributed by atoms with E-state index < -0.39 is 40.3 Å². The number of pyridine rings is 1. The first-order chi connectivity index (χ1) is 7.66. The third-order valence-electron chi connectivity index (χ3n) is 1.74. The van der Waals surface area contributed by atoms with Crippen LogP contribution in [0.25, 0.3) is 0 Å². The molecule has 0 aromatic carbocycles. The molecule has 1 aromatic rings. The molecule has 0 radical (unpaired) electrons. The number of nitro groups is 1. The summed E-state index contributed by atoms with van der Waals surface area (Å²) in [6, 6.07) is 0. The number of aromatic nitrogens is 1. The van der Waals surface area contributed by atoms with Crippen LogP contribution in [-0.4, -0.2) is 9.91 Å². The van der Waals surface area contributed by atoms with Gasteiger partial charge in [0.05, 0.1) is 10.5 Å². The molecule has 0 bridgehead atoms. The third kappa shape index (κ3) is 2.45. The summed E-state index contributed by atoms with van der Waals surface area (Å²) in [5.41, 5.74) is -6.15. The molecule has 0 fully saturated rings. The molecule has 1 heterocycles. The van der Waals surface area contributed by atoms with Gasteiger partial charge in [-0.2, -0.15) is 17.6 Å². The maximum Gasteiger partial charge on any atom is 0.423 e. The van der Waals surface area contributed by atoms with E-state index in [0.29, 0.717) is 0 Å². The Morgan fingerprint density at radius 1 is 1.35 bits per heavy atom. The number of halogens is 6. The van der Waals surface area contributed by atoms with Crippen molar-refractivity contribution in [3.63, 3.8) is 0 Å². The number of hydrogen-bond donors (Lipinski definition) is 0. The van der Waals surface area contributed by atoms with Crippen molar-refractivity contribution in [3.8, 4) is 0 Å². The van der Waals surface area contributed by atoms with E-state index in [-0.39, 0.29) is 6.20 Å². The minimum atomic E-state index is -5.47. The van der Waals surface area contributed by atoms with Gasteiger partial charge in [0.2, 0.25) is 0 Å². The van der Waals surface area contributed by atoms with Crippen molar-refractivity contribution in [2.24, 2.45) is 0 Å². The highest BCUT2D eigenvalue weighted by Gasteiger charge is 2.45. The molecule has 4 nitrogen and oxygen atoms in total. The molecule has 94 valence electrons. The van der Waals surface area contributed by atoms with Crippen LogP contribution >= 0.6 is 0 Å². The standard InChI is InChI=1S/C7H2F6N2O2/c8-5(9)2-1-14-6(10)4(15(16)17)3(2)7(11,12)13/h1,5H. The zero-order chi connectivity index (χ0) is 13.4. The van der Waals surface area contributed by atoms with Crippen LogP contribution in [0.3, 0.4) is 0 Å². The highest BCUT2D eigenvalue weighted by molar-refractivity contribution is 5.46. The lowest BCUT2D eigenvalue weighted by Crippen LogP contribution is -2.15. The molecule has 17 heavy (non-hydrogen) atoms. The molecule has 0 N–H and O–H groups in total. The Hall–Kier alpha value is -1.87. The van der Waals surface area contributed by atoms with E-state index in [1.165, 1.54) is 0 Å². The first-order valence-electron chi connectivity index (χ1n) is 3.84. The molecule has 0 unspecified atom stereocenters. The highest BCUT2D eigenvalue weighted by atomic mass is 19.4. The summed E-state index contributed by atoms with van der Waals surface area (Å²) in [5.74, 6) is -2.06. The number of alkyl halides is 5. The third-order valence-corrected chi connectivity index (χ3v) is 1.74. The first-order valence-corrected chi connectivity index (χ1v) is 3.84. The van der Waals surface area contributed by atoms with Crippen LogP contribution in [0.1, 0.15) is 17.6 Å². The molecule has 0 aliphatic rings. The first kappa shape index (κ1) is 13.2. The Labute approximate surface area is 89.0 Å². The zero-order valence-corrected chi connectivity index (χ0v) is 7.63. The fourth-order valence-electron chi connectivity index (χ4n) is 1.12. The van der Waals surface area contributed by atoms with Gasteiger partial charge in [0, 0.05) is 6.20 Å². The quantitative estimate of drug-likeness (QED) is 0.355. The largest absolute Gasteiger partial charge is 0.423 e. The molecule has 0 aliphatic heterocycles. The van der Waals surface area contributed by atoms with Crippen LogP contribution < -0.4 is 0 Å². The van der Waals surface area contributed by atoms with Crippen molar-refractivity contribution >= 4 is 5.69 Å². The van der Waals surface area contributed by atoms with Crippen LogP contribution in [0.5, 0.6) is 0 Å². The normalized spacial score (nSPS) is 11.9. The summed E-state index contributed by atoms with van der Waals surface area (Å²) >= 11 is 0. The van der Waals surface area contributed by atoms with Crippen molar-refractivity contribution in [2.45, 2.75) is 12.6 Å². The van der Waals surface area contributed by atoms with Gasteiger partial charge in [-0.3, -0.25) is 10.1 Å². The van der Waals surface area contributed by atoms with Gasteiger partial charge >= 0.3 is 11.9 Å². The van der Waals surface area contributed by atoms with Crippen molar-refractivity contribution in [1.82, 2.24) is 4.98 Å². The lowest BCUT2D eigenvalue weighted by Gasteiger charge is -2.11. The predicted octanol–water partition coefficient (Wildman–Crippen LogP) is 3.09. The lowest BCUT2D eigenvalue weighted by molar-refractivity contribution is -0.391. The van der Waals surface area contributed by atoms with Crippen LogP contribution in [0.2, 0.25) is 0 Å². The minimum absolute atomic E-state index is 0.0736. The van der Waals surface area contributed by atoms with Gasteiger partial charge in [0.1, 0.15) is 5.56 Å². The van der Waals surface area contributed by atoms with Gasteiger partial charge in [-0.1, -0.05) is 0 Å². The Kier molecular flexibility index (Phi) is 3.25. The lowest BCUT2D eigenvalue weighted by atomic mass is 10.1.